The first-order chi connectivity index (χ1) is 12.6. The predicted octanol–water partition coefficient (Wildman–Crippen LogP) is 1.55. The number of ether oxygens (including phenoxy) is 2. The fourth-order valence-electron chi connectivity index (χ4n) is 3.56. The van der Waals surface area contributed by atoms with Crippen LogP contribution in [0.4, 0.5) is 0 Å². The smallest absolute Gasteiger partial charge is 0.257 e. The number of methoxy groups -OCH3 is 2. The molecule has 0 aromatic heterocycles. The number of carbonyl (C=O) groups excluding carboxylic acids is 2. The second-order valence-corrected chi connectivity index (χ2v) is 6.69. The summed E-state index contributed by atoms with van der Waals surface area (Å²) in [5.41, 5.74) is 0.516. The van der Waals surface area contributed by atoms with Crippen LogP contribution in [0.25, 0.3) is 0 Å². The topological polar surface area (TPSA) is 71.1 Å². The molecule has 3 rings (SSSR count). The number of amides is 2. The molecule has 2 saturated heterocycles. The summed E-state index contributed by atoms with van der Waals surface area (Å²) in [5, 5.41) is 3.30. The molecular weight excluding hydrogens is 370 g/mol. The molecular formula is C19H28ClN3O4. The largest absolute Gasteiger partial charge is 0.497 e. The van der Waals surface area contributed by atoms with E-state index in [0.717, 1.165) is 25.8 Å². The Hall–Kier alpha value is -1.99. The molecule has 1 N–H and O–H groups in total. The Morgan fingerprint density at radius 2 is 1.74 bits per heavy atom. The van der Waals surface area contributed by atoms with Gasteiger partial charge in [0.25, 0.3) is 5.91 Å². The van der Waals surface area contributed by atoms with E-state index in [-0.39, 0.29) is 30.3 Å². The number of carbonyl (C=O) groups is 2. The first-order valence-corrected chi connectivity index (χ1v) is 9.17. The maximum atomic E-state index is 12.8. The molecule has 2 heterocycles. The van der Waals surface area contributed by atoms with Crippen molar-refractivity contribution in [3.8, 4) is 11.5 Å². The van der Waals surface area contributed by atoms with Crippen molar-refractivity contribution >= 4 is 24.2 Å². The van der Waals surface area contributed by atoms with Gasteiger partial charge in [0, 0.05) is 32.2 Å². The minimum Gasteiger partial charge on any atom is -0.497 e. The zero-order valence-corrected chi connectivity index (χ0v) is 16.7. The summed E-state index contributed by atoms with van der Waals surface area (Å²) >= 11 is 0. The number of hydrogen-bond donors (Lipinski definition) is 1. The minimum atomic E-state index is -0.0765. The number of nitrogens with one attached hydrogen (secondary N) is 1. The van der Waals surface area contributed by atoms with Gasteiger partial charge in [0.1, 0.15) is 11.5 Å². The van der Waals surface area contributed by atoms with Crippen molar-refractivity contribution in [2.45, 2.75) is 25.3 Å². The Kier molecular flexibility index (Phi) is 7.74. The third-order valence-electron chi connectivity index (χ3n) is 5.13. The maximum Gasteiger partial charge on any atom is 0.257 e. The lowest BCUT2D eigenvalue weighted by Crippen LogP contribution is -2.55. The number of piperazine rings is 1. The molecule has 1 aromatic carbocycles. The van der Waals surface area contributed by atoms with Crippen LogP contribution in [0.1, 0.15) is 29.6 Å². The van der Waals surface area contributed by atoms with E-state index in [1.54, 1.807) is 37.3 Å². The van der Waals surface area contributed by atoms with Crippen LogP contribution in [-0.2, 0) is 4.79 Å². The summed E-state index contributed by atoms with van der Waals surface area (Å²) in [6, 6.07) is 5.13. The number of rotatable bonds is 4. The average Bonchev–Trinajstić information content (AvgIpc) is 2.73. The standard InChI is InChI=1S/C19H27N3O4.ClH/c1-25-14-6-7-15(17(13-14)26-2)18(23)21-9-11-22(12-10-21)19(24)16-5-3-4-8-20-16;/h6-7,13,16,20H,3-5,8-12H2,1-2H3;1H. The normalized spacial score (nSPS) is 19.9. The highest BCUT2D eigenvalue weighted by molar-refractivity contribution is 5.97. The lowest BCUT2D eigenvalue weighted by molar-refractivity contribution is -0.135. The predicted molar refractivity (Wildman–Crippen MR) is 105 cm³/mol. The molecule has 1 atom stereocenters. The summed E-state index contributed by atoms with van der Waals surface area (Å²) in [7, 11) is 3.12. The van der Waals surface area contributed by atoms with Crippen LogP contribution in [0.3, 0.4) is 0 Å². The summed E-state index contributed by atoms with van der Waals surface area (Å²) < 4.78 is 10.5. The molecule has 0 aliphatic carbocycles. The summed E-state index contributed by atoms with van der Waals surface area (Å²) in [4.78, 5) is 29.1. The average molecular weight is 398 g/mol. The van der Waals surface area contributed by atoms with E-state index in [9.17, 15) is 9.59 Å². The molecule has 0 radical (unpaired) electrons. The maximum absolute atomic E-state index is 12.8. The molecule has 2 amide bonds. The first kappa shape index (κ1) is 21.3. The van der Waals surface area contributed by atoms with Crippen LogP contribution in [0, 0.1) is 0 Å². The molecule has 2 aliphatic heterocycles. The fourth-order valence-corrected chi connectivity index (χ4v) is 3.56. The van der Waals surface area contributed by atoms with E-state index in [4.69, 9.17) is 9.47 Å². The number of hydrogen-bond acceptors (Lipinski definition) is 5. The second kappa shape index (κ2) is 9.80. The lowest BCUT2D eigenvalue weighted by atomic mass is 10.0. The molecule has 0 spiro atoms. The zero-order valence-electron chi connectivity index (χ0n) is 15.9. The Bertz CT molecular complexity index is 656. The highest BCUT2D eigenvalue weighted by atomic mass is 35.5. The van der Waals surface area contributed by atoms with Crippen molar-refractivity contribution in [1.82, 2.24) is 15.1 Å². The van der Waals surface area contributed by atoms with E-state index < -0.39 is 0 Å². The Morgan fingerprint density at radius 3 is 2.33 bits per heavy atom. The molecule has 0 bridgehead atoms. The monoisotopic (exact) mass is 397 g/mol. The third-order valence-corrected chi connectivity index (χ3v) is 5.13. The van der Waals surface area contributed by atoms with E-state index in [1.165, 1.54) is 0 Å². The zero-order chi connectivity index (χ0) is 18.5. The van der Waals surface area contributed by atoms with Gasteiger partial charge in [-0.25, -0.2) is 0 Å². The Labute approximate surface area is 166 Å². The van der Waals surface area contributed by atoms with Crippen LogP contribution in [-0.4, -0.2) is 74.6 Å². The third kappa shape index (κ3) is 4.84. The van der Waals surface area contributed by atoms with E-state index >= 15 is 0 Å². The first-order valence-electron chi connectivity index (χ1n) is 9.17. The summed E-state index contributed by atoms with van der Waals surface area (Å²) in [6.45, 7) is 3.12. The van der Waals surface area contributed by atoms with Crippen molar-refractivity contribution in [2.24, 2.45) is 0 Å². The molecule has 150 valence electrons. The second-order valence-electron chi connectivity index (χ2n) is 6.69. The molecule has 1 aromatic rings. The quantitative estimate of drug-likeness (QED) is 0.834. The summed E-state index contributed by atoms with van der Waals surface area (Å²) in [6.07, 6.45) is 3.13. The van der Waals surface area contributed by atoms with E-state index in [2.05, 4.69) is 5.32 Å². The van der Waals surface area contributed by atoms with Gasteiger partial charge in [-0.2, -0.15) is 0 Å². The van der Waals surface area contributed by atoms with Gasteiger partial charge in [0.2, 0.25) is 5.91 Å². The highest BCUT2D eigenvalue weighted by Crippen LogP contribution is 2.26. The number of benzene rings is 1. The molecule has 0 saturated carbocycles. The molecule has 27 heavy (non-hydrogen) atoms. The van der Waals surface area contributed by atoms with Gasteiger partial charge in [-0.15, -0.1) is 12.4 Å². The van der Waals surface area contributed by atoms with Crippen LogP contribution < -0.4 is 14.8 Å². The molecule has 7 nitrogen and oxygen atoms in total. The van der Waals surface area contributed by atoms with Crippen LogP contribution >= 0.6 is 12.4 Å². The Balaban J connectivity index is 0.00000261. The van der Waals surface area contributed by atoms with Crippen molar-refractivity contribution in [3.05, 3.63) is 23.8 Å². The molecule has 1 unspecified atom stereocenters. The van der Waals surface area contributed by atoms with Crippen molar-refractivity contribution in [2.75, 3.05) is 46.9 Å². The van der Waals surface area contributed by atoms with Crippen LogP contribution in [0.5, 0.6) is 11.5 Å². The van der Waals surface area contributed by atoms with Gasteiger partial charge in [0.15, 0.2) is 0 Å². The van der Waals surface area contributed by atoms with E-state index in [1.807, 2.05) is 4.90 Å². The van der Waals surface area contributed by atoms with Crippen LogP contribution in [0.2, 0.25) is 0 Å². The van der Waals surface area contributed by atoms with Gasteiger partial charge in [-0.1, -0.05) is 6.42 Å². The van der Waals surface area contributed by atoms with Gasteiger partial charge in [0.05, 0.1) is 25.8 Å². The highest BCUT2D eigenvalue weighted by Gasteiger charge is 2.30. The van der Waals surface area contributed by atoms with Gasteiger partial charge in [-0.3, -0.25) is 9.59 Å². The number of piperidine rings is 1. The fraction of sp³-hybridized carbons (Fsp3) is 0.579. The van der Waals surface area contributed by atoms with E-state index in [0.29, 0.717) is 43.2 Å². The minimum absolute atomic E-state index is 0. The number of halogens is 1. The van der Waals surface area contributed by atoms with Gasteiger partial charge >= 0.3 is 0 Å². The lowest BCUT2D eigenvalue weighted by Gasteiger charge is -2.37. The van der Waals surface area contributed by atoms with Gasteiger partial charge < -0.3 is 24.6 Å². The van der Waals surface area contributed by atoms with Crippen LogP contribution in [0.15, 0.2) is 18.2 Å². The molecule has 2 fully saturated rings. The molecule has 8 heteroatoms. The van der Waals surface area contributed by atoms with Crippen molar-refractivity contribution in [3.63, 3.8) is 0 Å². The van der Waals surface area contributed by atoms with Crippen molar-refractivity contribution in [1.29, 1.82) is 0 Å². The number of nitrogens with zero attached hydrogens (tertiary/aromatic N) is 2. The molecule has 2 aliphatic rings. The summed E-state index contributed by atoms with van der Waals surface area (Å²) in [5.74, 6) is 1.24. The van der Waals surface area contributed by atoms with Gasteiger partial charge in [-0.05, 0) is 31.5 Å². The van der Waals surface area contributed by atoms with Crippen molar-refractivity contribution < 1.29 is 19.1 Å². The SMILES string of the molecule is COc1ccc(C(=O)N2CCN(C(=O)C3CCCCN3)CC2)c(OC)c1.Cl. The Morgan fingerprint density at radius 1 is 1.04 bits per heavy atom.